The molecule has 6 heteroatoms. The van der Waals surface area contributed by atoms with Gasteiger partial charge in [-0.25, -0.2) is 0 Å². The van der Waals surface area contributed by atoms with Gasteiger partial charge in [0.25, 0.3) is 5.91 Å². The highest BCUT2D eigenvalue weighted by molar-refractivity contribution is 6.30. The molecule has 132 valence electrons. The summed E-state index contributed by atoms with van der Waals surface area (Å²) in [5, 5.41) is 0.575. The SMILES string of the molecule is COc1ccc(OC)c(N2CCN(C(=O)c3cccc(Cl)c3)CC2)c1. The summed E-state index contributed by atoms with van der Waals surface area (Å²) in [7, 11) is 3.30. The monoisotopic (exact) mass is 360 g/mol. The van der Waals surface area contributed by atoms with E-state index in [1.165, 1.54) is 0 Å². The highest BCUT2D eigenvalue weighted by atomic mass is 35.5. The molecule has 1 amide bonds. The van der Waals surface area contributed by atoms with E-state index >= 15 is 0 Å². The minimum atomic E-state index is 0.0137. The Morgan fingerprint density at radius 1 is 1.00 bits per heavy atom. The van der Waals surface area contributed by atoms with E-state index in [4.69, 9.17) is 21.1 Å². The van der Waals surface area contributed by atoms with Gasteiger partial charge in [0.2, 0.25) is 0 Å². The molecule has 1 fully saturated rings. The molecule has 25 heavy (non-hydrogen) atoms. The van der Waals surface area contributed by atoms with Crippen LogP contribution in [0.5, 0.6) is 11.5 Å². The Morgan fingerprint density at radius 3 is 2.40 bits per heavy atom. The van der Waals surface area contributed by atoms with E-state index in [0.717, 1.165) is 30.3 Å². The van der Waals surface area contributed by atoms with Gasteiger partial charge >= 0.3 is 0 Å². The molecular formula is C19H21ClN2O3. The van der Waals surface area contributed by atoms with Crippen molar-refractivity contribution >= 4 is 23.2 Å². The normalized spacial score (nSPS) is 14.4. The summed E-state index contributed by atoms with van der Waals surface area (Å²) in [6.45, 7) is 2.75. The summed E-state index contributed by atoms with van der Waals surface area (Å²) in [6, 6.07) is 12.8. The van der Waals surface area contributed by atoms with Crippen LogP contribution < -0.4 is 14.4 Å². The lowest BCUT2D eigenvalue weighted by molar-refractivity contribution is 0.0746. The molecule has 0 bridgehead atoms. The van der Waals surface area contributed by atoms with E-state index in [1.54, 1.807) is 38.5 Å². The largest absolute Gasteiger partial charge is 0.497 e. The van der Waals surface area contributed by atoms with Crippen molar-refractivity contribution in [2.45, 2.75) is 0 Å². The topological polar surface area (TPSA) is 42.0 Å². The Labute approximate surface area is 152 Å². The molecule has 3 rings (SSSR count). The van der Waals surface area contributed by atoms with Gasteiger partial charge in [0.05, 0.1) is 19.9 Å². The van der Waals surface area contributed by atoms with Crippen molar-refractivity contribution in [2.24, 2.45) is 0 Å². The number of nitrogens with zero attached hydrogens (tertiary/aromatic N) is 2. The van der Waals surface area contributed by atoms with Crippen molar-refractivity contribution in [2.75, 3.05) is 45.3 Å². The van der Waals surface area contributed by atoms with Gasteiger partial charge in [0.1, 0.15) is 11.5 Å². The van der Waals surface area contributed by atoms with Gasteiger partial charge < -0.3 is 19.3 Å². The molecule has 1 heterocycles. The summed E-state index contributed by atoms with van der Waals surface area (Å²) in [4.78, 5) is 16.7. The number of carbonyl (C=O) groups excluding carboxylic acids is 1. The first-order chi connectivity index (χ1) is 12.1. The first-order valence-corrected chi connectivity index (χ1v) is 8.52. The Bertz CT molecular complexity index is 758. The lowest BCUT2D eigenvalue weighted by atomic mass is 10.1. The summed E-state index contributed by atoms with van der Waals surface area (Å²) < 4.78 is 10.8. The highest BCUT2D eigenvalue weighted by Gasteiger charge is 2.24. The van der Waals surface area contributed by atoms with E-state index < -0.39 is 0 Å². The van der Waals surface area contributed by atoms with Crippen LogP contribution in [0.2, 0.25) is 5.02 Å². The number of amides is 1. The smallest absolute Gasteiger partial charge is 0.254 e. The zero-order valence-electron chi connectivity index (χ0n) is 14.4. The fourth-order valence-electron chi connectivity index (χ4n) is 3.00. The number of carbonyl (C=O) groups is 1. The zero-order chi connectivity index (χ0) is 17.8. The Morgan fingerprint density at radius 2 is 1.76 bits per heavy atom. The summed E-state index contributed by atoms with van der Waals surface area (Å²) >= 11 is 5.99. The minimum absolute atomic E-state index is 0.0137. The second kappa shape index (κ2) is 7.66. The third kappa shape index (κ3) is 3.82. The number of ether oxygens (including phenoxy) is 2. The fourth-order valence-corrected chi connectivity index (χ4v) is 3.19. The lowest BCUT2D eigenvalue weighted by Gasteiger charge is -2.36. The van der Waals surface area contributed by atoms with Crippen LogP contribution in [0, 0.1) is 0 Å². The van der Waals surface area contributed by atoms with E-state index in [1.807, 2.05) is 23.1 Å². The molecule has 0 spiro atoms. The van der Waals surface area contributed by atoms with Gasteiger partial charge in [-0.1, -0.05) is 17.7 Å². The van der Waals surface area contributed by atoms with Crippen LogP contribution in [0.3, 0.4) is 0 Å². The molecular weight excluding hydrogens is 340 g/mol. The van der Waals surface area contributed by atoms with Gasteiger partial charge in [-0.05, 0) is 30.3 Å². The molecule has 0 saturated carbocycles. The maximum Gasteiger partial charge on any atom is 0.254 e. The summed E-state index contributed by atoms with van der Waals surface area (Å²) in [5.74, 6) is 1.60. The van der Waals surface area contributed by atoms with Gasteiger partial charge in [0.15, 0.2) is 0 Å². The van der Waals surface area contributed by atoms with Crippen molar-refractivity contribution in [3.05, 3.63) is 53.1 Å². The molecule has 0 aliphatic carbocycles. The molecule has 1 saturated heterocycles. The van der Waals surface area contributed by atoms with Crippen molar-refractivity contribution < 1.29 is 14.3 Å². The predicted molar refractivity (Wildman–Crippen MR) is 99.1 cm³/mol. The molecule has 0 unspecified atom stereocenters. The highest BCUT2D eigenvalue weighted by Crippen LogP contribution is 2.33. The van der Waals surface area contributed by atoms with Gasteiger partial charge in [-0.3, -0.25) is 4.79 Å². The molecule has 0 radical (unpaired) electrons. The number of hydrogen-bond acceptors (Lipinski definition) is 4. The van der Waals surface area contributed by atoms with Crippen LogP contribution >= 0.6 is 11.6 Å². The molecule has 2 aromatic carbocycles. The number of rotatable bonds is 4. The number of piperazine rings is 1. The quantitative estimate of drug-likeness (QED) is 0.838. The van der Waals surface area contributed by atoms with Crippen LogP contribution in [0.15, 0.2) is 42.5 Å². The van der Waals surface area contributed by atoms with Crippen LogP contribution in [0.1, 0.15) is 10.4 Å². The van der Waals surface area contributed by atoms with Crippen molar-refractivity contribution in [1.29, 1.82) is 0 Å². The third-order valence-corrected chi connectivity index (χ3v) is 4.60. The van der Waals surface area contributed by atoms with Gasteiger partial charge in [0, 0.05) is 42.8 Å². The molecule has 0 N–H and O–H groups in total. The van der Waals surface area contributed by atoms with Crippen LogP contribution in [0.25, 0.3) is 0 Å². The molecule has 2 aromatic rings. The maximum absolute atomic E-state index is 12.6. The zero-order valence-corrected chi connectivity index (χ0v) is 15.1. The standard InChI is InChI=1S/C19H21ClN2O3/c1-24-16-6-7-18(25-2)17(13-16)21-8-10-22(11-9-21)19(23)14-4-3-5-15(20)12-14/h3-7,12-13H,8-11H2,1-2H3. The van der Waals surface area contributed by atoms with E-state index in [0.29, 0.717) is 23.7 Å². The molecule has 1 aliphatic heterocycles. The second-order valence-electron chi connectivity index (χ2n) is 5.83. The predicted octanol–water partition coefficient (Wildman–Crippen LogP) is 3.32. The second-order valence-corrected chi connectivity index (χ2v) is 6.26. The van der Waals surface area contributed by atoms with Gasteiger partial charge in [-0.2, -0.15) is 0 Å². The molecule has 0 aromatic heterocycles. The van der Waals surface area contributed by atoms with Crippen LogP contribution in [0.4, 0.5) is 5.69 Å². The number of benzene rings is 2. The average Bonchev–Trinajstić information content (AvgIpc) is 2.67. The van der Waals surface area contributed by atoms with Crippen molar-refractivity contribution in [1.82, 2.24) is 4.90 Å². The Balaban J connectivity index is 1.71. The molecule has 1 aliphatic rings. The average molecular weight is 361 g/mol. The number of methoxy groups -OCH3 is 2. The first kappa shape index (κ1) is 17.4. The summed E-state index contributed by atoms with van der Waals surface area (Å²) in [5.41, 5.74) is 1.61. The minimum Gasteiger partial charge on any atom is -0.497 e. The fraction of sp³-hybridized carbons (Fsp3) is 0.316. The number of hydrogen-bond donors (Lipinski definition) is 0. The molecule has 0 atom stereocenters. The summed E-state index contributed by atoms with van der Waals surface area (Å²) in [6.07, 6.45) is 0. The number of halogens is 1. The third-order valence-electron chi connectivity index (χ3n) is 4.37. The Hall–Kier alpha value is -2.40. The Kier molecular flexibility index (Phi) is 5.34. The van der Waals surface area contributed by atoms with E-state index in [9.17, 15) is 4.79 Å². The van der Waals surface area contributed by atoms with Crippen molar-refractivity contribution in [3.8, 4) is 11.5 Å². The first-order valence-electron chi connectivity index (χ1n) is 8.14. The van der Waals surface area contributed by atoms with Crippen molar-refractivity contribution in [3.63, 3.8) is 0 Å². The number of anilines is 1. The van der Waals surface area contributed by atoms with Crippen LogP contribution in [-0.4, -0.2) is 51.2 Å². The molecule has 5 nitrogen and oxygen atoms in total. The lowest BCUT2D eigenvalue weighted by Crippen LogP contribution is -2.48. The maximum atomic E-state index is 12.6. The van der Waals surface area contributed by atoms with Crippen LogP contribution in [-0.2, 0) is 0 Å². The van der Waals surface area contributed by atoms with E-state index in [-0.39, 0.29) is 5.91 Å². The van der Waals surface area contributed by atoms with Gasteiger partial charge in [-0.15, -0.1) is 0 Å². The van der Waals surface area contributed by atoms with E-state index in [2.05, 4.69) is 4.90 Å².